The van der Waals surface area contributed by atoms with E-state index in [9.17, 15) is 4.80 Å². The Morgan fingerprint density at radius 2 is 1.67 bits per heavy atom. The lowest BCUT2D eigenvalue weighted by Gasteiger charge is -2.07. The standard InChI is InChI=1S/C10H16OSi/c1-8(2)9-4-6-10(7-5-9)12(3)11/h4-8,11-12H,1-3H3. The summed E-state index contributed by atoms with van der Waals surface area (Å²) in [5.74, 6) is 0.578. The van der Waals surface area contributed by atoms with Gasteiger partial charge in [0, 0.05) is 0 Å². The van der Waals surface area contributed by atoms with Crippen LogP contribution >= 0.6 is 0 Å². The average Bonchev–Trinajstić information content (AvgIpc) is 2.04. The van der Waals surface area contributed by atoms with Crippen LogP contribution in [-0.2, 0) is 0 Å². The van der Waals surface area contributed by atoms with Crippen molar-refractivity contribution in [3.8, 4) is 0 Å². The second-order valence-electron chi connectivity index (χ2n) is 3.50. The van der Waals surface area contributed by atoms with E-state index in [4.69, 9.17) is 0 Å². The van der Waals surface area contributed by atoms with Crippen LogP contribution in [0.3, 0.4) is 0 Å². The zero-order chi connectivity index (χ0) is 9.14. The van der Waals surface area contributed by atoms with Gasteiger partial charge < -0.3 is 4.80 Å². The monoisotopic (exact) mass is 180 g/mol. The minimum atomic E-state index is -1.58. The van der Waals surface area contributed by atoms with Crippen LogP contribution in [0.4, 0.5) is 0 Å². The summed E-state index contributed by atoms with van der Waals surface area (Å²) >= 11 is 0. The minimum absolute atomic E-state index is 0.578. The summed E-state index contributed by atoms with van der Waals surface area (Å²) in [6.45, 7) is 6.27. The molecule has 0 heterocycles. The van der Waals surface area contributed by atoms with Crippen molar-refractivity contribution >= 4 is 14.2 Å². The Balaban J connectivity index is 2.86. The van der Waals surface area contributed by atoms with E-state index in [-0.39, 0.29) is 0 Å². The Hall–Kier alpha value is -0.603. The topological polar surface area (TPSA) is 20.2 Å². The highest BCUT2D eigenvalue weighted by Crippen LogP contribution is 2.11. The molecule has 1 aromatic rings. The molecule has 0 saturated heterocycles. The number of hydrogen-bond donors (Lipinski definition) is 1. The van der Waals surface area contributed by atoms with Crippen molar-refractivity contribution in [1.29, 1.82) is 0 Å². The molecule has 1 unspecified atom stereocenters. The SMILES string of the molecule is CC(C)c1ccc([SiH](C)O)cc1. The molecule has 1 atom stereocenters. The summed E-state index contributed by atoms with van der Waals surface area (Å²) in [6, 6.07) is 8.32. The van der Waals surface area contributed by atoms with Crippen molar-refractivity contribution in [1.82, 2.24) is 0 Å². The van der Waals surface area contributed by atoms with Gasteiger partial charge in [0.15, 0.2) is 0 Å². The van der Waals surface area contributed by atoms with Gasteiger partial charge in [-0.15, -0.1) is 0 Å². The van der Waals surface area contributed by atoms with Crippen molar-refractivity contribution in [3.63, 3.8) is 0 Å². The van der Waals surface area contributed by atoms with Gasteiger partial charge in [0.1, 0.15) is 0 Å². The first-order chi connectivity index (χ1) is 5.61. The highest BCUT2D eigenvalue weighted by molar-refractivity contribution is 6.64. The molecule has 0 fully saturated rings. The van der Waals surface area contributed by atoms with Gasteiger partial charge in [-0.25, -0.2) is 0 Å². The predicted molar refractivity (Wildman–Crippen MR) is 55.4 cm³/mol. The summed E-state index contributed by atoms with van der Waals surface area (Å²) in [6.07, 6.45) is 0. The Labute approximate surface area is 75.8 Å². The number of rotatable bonds is 2. The molecule has 0 aliphatic carbocycles. The highest BCUT2D eigenvalue weighted by atomic mass is 28.3. The highest BCUT2D eigenvalue weighted by Gasteiger charge is 2.03. The number of benzene rings is 1. The van der Waals surface area contributed by atoms with Crippen LogP contribution in [-0.4, -0.2) is 13.8 Å². The van der Waals surface area contributed by atoms with Crippen molar-refractivity contribution in [2.24, 2.45) is 0 Å². The molecule has 2 heteroatoms. The summed E-state index contributed by atoms with van der Waals surface area (Å²) in [4.78, 5) is 9.39. The van der Waals surface area contributed by atoms with Gasteiger partial charge in [0.2, 0.25) is 9.04 Å². The zero-order valence-electron chi connectivity index (χ0n) is 7.91. The third-order valence-corrected chi connectivity index (χ3v) is 3.44. The lowest BCUT2D eigenvalue weighted by molar-refractivity contribution is 0.594. The predicted octanol–water partition coefficient (Wildman–Crippen LogP) is 1.36. The van der Waals surface area contributed by atoms with E-state index in [2.05, 4.69) is 26.0 Å². The molecule has 12 heavy (non-hydrogen) atoms. The first kappa shape index (κ1) is 9.48. The summed E-state index contributed by atoms with van der Waals surface area (Å²) in [5.41, 5.74) is 1.34. The molecule has 0 spiro atoms. The fourth-order valence-electron chi connectivity index (χ4n) is 1.16. The Kier molecular flexibility index (Phi) is 3.06. The molecule has 0 bridgehead atoms. The minimum Gasteiger partial charge on any atom is -0.431 e. The molecule has 1 N–H and O–H groups in total. The number of hydrogen-bond acceptors (Lipinski definition) is 1. The van der Waals surface area contributed by atoms with Crippen LogP contribution in [0.1, 0.15) is 25.3 Å². The van der Waals surface area contributed by atoms with E-state index in [0.29, 0.717) is 5.92 Å². The maximum atomic E-state index is 9.39. The molecule has 0 aliphatic rings. The van der Waals surface area contributed by atoms with E-state index in [0.717, 1.165) is 5.19 Å². The molecule has 1 rings (SSSR count). The zero-order valence-corrected chi connectivity index (χ0v) is 9.07. The molecule has 1 aromatic carbocycles. The molecular weight excluding hydrogens is 164 g/mol. The molecular formula is C10H16OSi. The van der Waals surface area contributed by atoms with E-state index in [1.165, 1.54) is 5.56 Å². The molecule has 1 nitrogen and oxygen atoms in total. The summed E-state index contributed by atoms with van der Waals surface area (Å²) in [7, 11) is -1.58. The third-order valence-electron chi connectivity index (χ3n) is 2.09. The third kappa shape index (κ3) is 2.19. The second kappa shape index (κ2) is 3.87. The van der Waals surface area contributed by atoms with Crippen molar-refractivity contribution in [3.05, 3.63) is 29.8 Å². The second-order valence-corrected chi connectivity index (χ2v) is 5.52. The van der Waals surface area contributed by atoms with Gasteiger partial charge in [-0.05, 0) is 23.2 Å². The summed E-state index contributed by atoms with van der Waals surface area (Å²) < 4.78 is 0. The molecule has 0 aliphatic heterocycles. The molecule has 0 aromatic heterocycles. The van der Waals surface area contributed by atoms with Crippen LogP contribution in [0.25, 0.3) is 0 Å². The fraction of sp³-hybridized carbons (Fsp3) is 0.400. The smallest absolute Gasteiger partial charge is 0.201 e. The Bertz CT molecular complexity index is 212. The van der Waals surface area contributed by atoms with Crippen LogP contribution in [0.2, 0.25) is 6.55 Å². The Morgan fingerprint density at radius 1 is 1.17 bits per heavy atom. The molecule has 0 radical (unpaired) electrons. The van der Waals surface area contributed by atoms with E-state index >= 15 is 0 Å². The fourth-order valence-corrected chi connectivity index (χ4v) is 1.91. The van der Waals surface area contributed by atoms with Gasteiger partial charge in [-0.3, -0.25) is 0 Å². The Morgan fingerprint density at radius 3 is 2.00 bits per heavy atom. The molecule has 0 amide bonds. The lowest BCUT2D eigenvalue weighted by atomic mass is 10.0. The maximum absolute atomic E-state index is 9.39. The van der Waals surface area contributed by atoms with E-state index in [1.807, 2.05) is 18.7 Å². The average molecular weight is 180 g/mol. The molecule has 66 valence electrons. The van der Waals surface area contributed by atoms with E-state index < -0.39 is 9.04 Å². The lowest BCUT2D eigenvalue weighted by Crippen LogP contribution is -2.25. The van der Waals surface area contributed by atoms with Crippen molar-refractivity contribution in [2.75, 3.05) is 0 Å². The van der Waals surface area contributed by atoms with E-state index in [1.54, 1.807) is 0 Å². The van der Waals surface area contributed by atoms with Crippen LogP contribution in [0.5, 0.6) is 0 Å². The summed E-state index contributed by atoms with van der Waals surface area (Å²) in [5, 5.41) is 1.12. The first-order valence-corrected chi connectivity index (χ1v) is 6.64. The van der Waals surface area contributed by atoms with Gasteiger partial charge in [0.25, 0.3) is 0 Å². The van der Waals surface area contributed by atoms with Crippen molar-refractivity contribution in [2.45, 2.75) is 26.3 Å². The normalized spacial score (nSPS) is 13.4. The largest absolute Gasteiger partial charge is 0.431 e. The van der Waals surface area contributed by atoms with Gasteiger partial charge in [-0.2, -0.15) is 0 Å². The van der Waals surface area contributed by atoms with Gasteiger partial charge in [-0.1, -0.05) is 38.1 Å². The van der Waals surface area contributed by atoms with Gasteiger partial charge in [0.05, 0.1) is 0 Å². The molecule has 0 saturated carbocycles. The van der Waals surface area contributed by atoms with Gasteiger partial charge >= 0.3 is 0 Å². The van der Waals surface area contributed by atoms with Crippen molar-refractivity contribution < 1.29 is 4.80 Å². The quantitative estimate of drug-likeness (QED) is 0.681. The van der Waals surface area contributed by atoms with Crippen LogP contribution < -0.4 is 5.19 Å². The first-order valence-electron chi connectivity index (χ1n) is 4.39. The van der Waals surface area contributed by atoms with Crippen LogP contribution in [0, 0.1) is 0 Å². The maximum Gasteiger partial charge on any atom is 0.201 e. The van der Waals surface area contributed by atoms with Crippen LogP contribution in [0.15, 0.2) is 24.3 Å².